The molecule has 1 aromatic carbocycles. The van der Waals surface area contributed by atoms with Crippen LogP contribution in [0.4, 0.5) is 10.5 Å². The van der Waals surface area contributed by atoms with Crippen LogP contribution in [-0.2, 0) is 0 Å². The number of carbonyl (C=O) groups is 1. The summed E-state index contributed by atoms with van der Waals surface area (Å²) in [5, 5.41) is 6.28. The van der Waals surface area contributed by atoms with Crippen molar-refractivity contribution in [2.75, 3.05) is 37.6 Å². The van der Waals surface area contributed by atoms with E-state index >= 15 is 0 Å². The van der Waals surface area contributed by atoms with Crippen LogP contribution >= 0.6 is 0 Å². The smallest absolute Gasteiger partial charge is 0.315 e. The molecule has 0 radical (unpaired) electrons. The average molecular weight is 342 g/mol. The number of hydrogen-bond acceptors (Lipinski definition) is 3. The van der Waals surface area contributed by atoms with Crippen molar-refractivity contribution in [3.8, 4) is 0 Å². The first kappa shape index (κ1) is 16.7. The van der Waals surface area contributed by atoms with Crippen molar-refractivity contribution < 1.29 is 4.79 Å². The third-order valence-electron chi connectivity index (χ3n) is 5.89. The van der Waals surface area contributed by atoms with Gasteiger partial charge in [-0.1, -0.05) is 18.2 Å². The minimum atomic E-state index is 0.0167. The molecule has 136 valence electrons. The van der Waals surface area contributed by atoms with Crippen molar-refractivity contribution in [1.29, 1.82) is 0 Å². The van der Waals surface area contributed by atoms with E-state index in [0.717, 1.165) is 58.0 Å². The second-order valence-electron chi connectivity index (χ2n) is 7.83. The maximum absolute atomic E-state index is 12.2. The number of likely N-dealkylation sites (tertiary alicyclic amines) is 1. The number of amides is 2. The topological polar surface area (TPSA) is 47.6 Å². The Morgan fingerprint density at radius 1 is 1.00 bits per heavy atom. The Morgan fingerprint density at radius 3 is 2.48 bits per heavy atom. The molecule has 1 unspecified atom stereocenters. The molecule has 2 amide bonds. The van der Waals surface area contributed by atoms with Crippen molar-refractivity contribution in [2.24, 2.45) is 5.92 Å². The van der Waals surface area contributed by atoms with E-state index in [1.54, 1.807) is 0 Å². The predicted molar refractivity (Wildman–Crippen MR) is 101 cm³/mol. The number of nitrogens with zero attached hydrogens (tertiary/aromatic N) is 2. The van der Waals surface area contributed by atoms with Gasteiger partial charge in [0.1, 0.15) is 0 Å². The van der Waals surface area contributed by atoms with Crippen molar-refractivity contribution in [2.45, 2.75) is 44.2 Å². The lowest BCUT2D eigenvalue weighted by Crippen LogP contribution is -2.49. The summed E-state index contributed by atoms with van der Waals surface area (Å²) < 4.78 is 0. The molecule has 3 aliphatic rings. The molecule has 2 N–H and O–H groups in total. The summed E-state index contributed by atoms with van der Waals surface area (Å²) in [6, 6.07) is 11.8. The van der Waals surface area contributed by atoms with E-state index in [1.807, 2.05) is 0 Å². The van der Waals surface area contributed by atoms with Gasteiger partial charge in [-0.15, -0.1) is 0 Å². The number of rotatable bonds is 5. The van der Waals surface area contributed by atoms with Crippen LogP contribution in [0.25, 0.3) is 0 Å². The van der Waals surface area contributed by atoms with Crippen LogP contribution in [0.5, 0.6) is 0 Å². The van der Waals surface area contributed by atoms with Gasteiger partial charge in [0.15, 0.2) is 0 Å². The minimum absolute atomic E-state index is 0.0167. The van der Waals surface area contributed by atoms with Crippen LogP contribution in [-0.4, -0.2) is 55.7 Å². The molecule has 5 heteroatoms. The number of piperidine rings is 1. The van der Waals surface area contributed by atoms with Gasteiger partial charge in [-0.2, -0.15) is 0 Å². The number of para-hydroxylation sites is 1. The summed E-state index contributed by atoms with van der Waals surface area (Å²) in [5.74, 6) is 0.544. The average Bonchev–Trinajstić information content (AvgIpc) is 3.39. The molecule has 0 aromatic heterocycles. The van der Waals surface area contributed by atoms with Crippen LogP contribution in [0.3, 0.4) is 0 Å². The normalized spacial score (nSPS) is 25.1. The molecule has 5 nitrogen and oxygen atoms in total. The third kappa shape index (κ3) is 4.46. The van der Waals surface area contributed by atoms with Gasteiger partial charge in [0.25, 0.3) is 0 Å². The number of urea groups is 1. The Balaban J connectivity index is 1.14. The maximum atomic E-state index is 12.2. The van der Waals surface area contributed by atoms with Gasteiger partial charge in [-0.05, 0) is 50.2 Å². The standard InChI is InChI=1S/C20H30N4O/c25-20(22-17-9-12-23(13-10-17)19-6-7-19)21-14-16-8-11-24(15-16)18-4-2-1-3-5-18/h1-5,16-17,19H,6-15H2,(H2,21,22,25). The highest BCUT2D eigenvalue weighted by atomic mass is 16.2. The third-order valence-corrected chi connectivity index (χ3v) is 5.89. The first-order chi connectivity index (χ1) is 12.3. The van der Waals surface area contributed by atoms with Crippen LogP contribution in [0.15, 0.2) is 30.3 Å². The molecule has 2 heterocycles. The fourth-order valence-corrected chi connectivity index (χ4v) is 4.19. The van der Waals surface area contributed by atoms with Gasteiger partial charge in [0, 0.05) is 50.5 Å². The van der Waals surface area contributed by atoms with Gasteiger partial charge in [-0.3, -0.25) is 0 Å². The zero-order chi connectivity index (χ0) is 17.1. The summed E-state index contributed by atoms with van der Waals surface area (Å²) in [5.41, 5.74) is 1.29. The van der Waals surface area contributed by atoms with E-state index in [4.69, 9.17) is 0 Å². The fourth-order valence-electron chi connectivity index (χ4n) is 4.19. The zero-order valence-electron chi connectivity index (χ0n) is 15.0. The summed E-state index contributed by atoms with van der Waals surface area (Å²) >= 11 is 0. The van der Waals surface area contributed by atoms with Crippen LogP contribution in [0.1, 0.15) is 32.1 Å². The molecule has 4 rings (SSSR count). The van der Waals surface area contributed by atoms with E-state index in [9.17, 15) is 4.79 Å². The molecule has 3 fully saturated rings. The minimum Gasteiger partial charge on any atom is -0.371 e. The van der Waals surface area contributed by atoms with Gasteiger partial charge >= 0.3 is 6.03 Å². The van der Waals surface area contributed by atoms with Gasteiger partial charge in [-0.25, -0.2) is 4.79 Å². The van der Waals surface area contributed by atoms with E-state index in [1.165, 1.54) is 18.5 Å². The molecule has 2 saturated heterocycles. The first-order valence-corrected chi connectivity index (χ1v) is 9.86. The first-order valence-electron chi connectivity index (χ1n) is 9.86. The lowest BCUT2D eigenvalue weighted by atomic mass is 10.1. The Labute approximate surface area is 150 Å². The lowest BCUT2D eigenvalue weighted by Gasteiger charge is -2.32. The van der Waals surface area contributed by atoms with E-state index in [-0.39, 0.29) is 6.03 Å². The molecule has 1 aromatic rings. The molecule has 1 saturated carbocycles. The van der Waals surface area contributed by atoms with Crippen molar-refractivity contribution in [3.63, 3.8) is 0 Å². The van der Waals surface area contributed by atoms with E-state index < -0.39 is 0 Å². The zero-order valence-corrected chi connectivity index (χ0v) is 15.0. The maximum Gasteiger partial charge on any atom is 0.315 e. The Morgan fingerprint density at radius 2 is 1.76 bits per heavy atom. The lowest BCUT2D eigenvalue weighted by molar-refractivity contribution is 0.185. The monoisotopic (exact) mass is 342 g/mol. The van der Waals surface area contributed by atoms with Crippen LogP contribution in [0.2, 0.25) is 0 Å². The van der Waals surface area contributed by atoms with Gasteiger partial charge < -0.3 is 20.4 Å². The molecule has 2 aliphatic heterocycles. The highest BCUT2D eigenvalue weighted by molar-refractivity contribution is 5.74. The SMILES string of the molecule is O=C(NCC1CCN(c2ccccc2)C1)NC1CCN(C2CC2)CC1. The van der Waals surface area contributed by atoms with Gasteiger partial charge in [0.2, 0.25) is 0 Å². The largest absolute Gasteiger partial charge is 0.371 e. The molecular weight excluding hydrogens is 312 g/mol. The molecule has 1 atom stereocenters. The fraction of sp³-hybridized carbons (Fsp3) is 0.650. The number of nitrogens with one attached hydrogen (secondary N) is 2. The molecule has 1 aliphatic carbocycles. The van der Waals surface area contributed by atoms with E-state index in [2.05, 4.69) is 50.8 Å². The van der Waals surface area contributed by atoms with Crippen LogP contribution < -0.4 is 15.5 Å². The number of carbonyl (C=O) groups excluding carboxylic acids is 1. The Kier molecular flexibility index (Phi) is 5.11. The summed E-state index contributed by atoms with van der Waals surface area (Å²) in [4.78, 5) is 17.2. The summed E-state index contributed by atoms with van der Waals surface area (Å²) in [6.07, 6.45) is 6.08. The summed E-state index contributed by atoms with van der Waals surface area (Å²) in [7, 11) is 0. The second kappa shape index (κ2) is 7.65. The van der Waals surface area contributed by atoms with Gasteiger partial charge in [0.05, 0.1) is 0 Å². The second-order valence-corrected chi connectivity index (χ2v) is 7.83. The molecule has 0 bridgehead atoms. The Bertz CT molecular complexity index is 566. The number of anilines is 1. The number of hydrogen-bond donors (Lipinski definition) is 2. The van der Waals surface area contributed by atoms with E-state index in [0.29, 0.717) is 12.0 Å². The highest BCUT2D eigenvalue weighted by Crippen LogP contribution is 2.29. The predicted octanol–water partition coefficient (Wildman–Crippen LogP) is 2.44. The van der Waals surface area contributed by atoms with Crippen molar-refractivity contribution in [3.05, 3.63) is 30.3 Å². The van der Waals surface area contributed by atoms with Crippen molar-refractivity contribution >= 4 is 11.7 Å². The van der Waals surface area contributed by atoms with Crippen LogP contribution in [0, 0.1) is 5.92 Å². The summed E-state index contributed by atoms with van der Waals surface area (Å²) in [6.45, 7) is 5.17. The molecule has 25 heavy (non-hydrogen) atoms. The number of benzene rings is 1. The quantitative estimate of drug-likeness (QED) is 0.864. The Hall–Kier alpha value is -1.75. The highest BCUT2D eigenvalue weighted by Gasteiger charge is 2.32. The van der Waals surface area contributed by atoms with Crippen molar-refractivity contribution in [1.82, 2.24) is 15.5 Å². The molecule has 0 spiro atoms. The molecular formula is C20H30N4O.